The molecule has 0 aliphatic rings. The number of anilines is 1. The van der Waals surface area contributed by atoms with Crippen LogP contribution >= 0.6 is 0 Å². The van der Waals surface area contributed by atoms with E-state index in [4.69, 9.17) is 10.5 Å². The zero-order chi connectivity index (χ0) is 15.5. The monoisotopic (exact) mass is 294 g/mol. The second-order valence-electron chi connectivity index (χ2n) is 5.03. The van der Waals surface area contributed by atoms with E-state index in [9.17, 15) is 0 Å². The Hall–Kier alpha value is -2.82. The number of hydrogen-bond acceptors (Lipinski definition) is 4. The van der Waals surface area contributed by atoms with Gasteiger partial charge in [-0.25, -0.2) is 4.68 Å². The van der Waals surface area contributed by atoms with Crippen molar-refractivity contribution in [3.63, 3.8) is 0 Å². The van der Waals surface area contributed by atoms with E-state index in [2.05, 4.69) is 41.5 Å². The number of aromatic nitrogens is 3. The number of ether oxygens (including phenoxy) is 1. The van der Waals surface area contributed by atoms with E-state index in [0.29, 0.717) is 11.4 Å². The van der Waals surface area contributed by atoms with Gasteiger partial charge in [-0.1, -0.05) is 36.4 Å². The Kier molecular flexibility index (Phi) is 3.78. The highest BCUT2D eigenvalue weighted by Crippen LogP contribution is 2.26. The highest BCUT2D eigenvalue weighted by molar-refractivity contribution is 5.60. The lowest BCUT2D eigenvalue weighted by atomic mass is 10.1. The molecule has 0 saturated heterocycles. The third kappa shape index (κ3) is 2.65. The van der Waals surface area contributed by atoms with Crippen molar-refractivity contribution >= 4 is 5.69 Å². The minimum absolute atomic E-state index is 0.653. The molecule has 3 aromatic rings. The lowest BCUT2D eigenvalue weighted by molar-refractivity contribution is 0.411. The van der Waals surface area contributed by atoms with E-state index in [-0.39, 0.29) is 0 Å². The van der Waals surface area contributed by atoms with Crippen LogP contribution in [0.2, 0.25) is 0 Å². The molecule has 0 saturated carbocycles. The Bertz CT molecular complexity index is 778. The molecule has 2 N–H and O–H groups in total. The molecule has 1 heterocycles. The second kappa shape index (κ2) is 5.89. The predicted molar refractivity (Wildman–Crippen MR) is 87.1 cm³/mol. The molecule has 0 unspecified atom stereocenters. The molecule has 5 nitrogen and oxygen atoms in total. The maximum atomic E-state index is 5.85. The smallest absolute Gasteiger partial charge is 0.144 e. The van der Waals surface area contributed by atoms with Crippen molar-refractivity contribution in [1.82, 2.24) is 15.0 Å². The van der Waals surface area contributed by atoms with Gasteiger partial charge < -0.3 is 10.5 Å². The highest BCUT2D eigenvalue weighted by Gasteiger charge is 2.10. The summed E-state index contributed by atoms with van der Waals surface area (Å²) in [5, 5.41) is 8.43. The molecule has 0 aliphatic carbocycles. The van der Waals surface area contributed by atoms with Crippen molar-refractivity contribution in [3.05, 3.63) is 54.2 Å². The third-order valence-corrected chi connectivity index (χ3v) is 3.60. The summed E-state index contributed by atoms with van der Waals surface area (Å²) in [6.45, 7) is 2.14. The fourth-order valence-corrected chi connectivity index (χ4v) is 2.31. The van der Waals surface area contributed by atoms with Crippen LogP contribution in [-0.4, -0.2) is 22.1 Å². The molecule has 0 radical (unpaired) electrons. The van der Waals surface area contributed by atoms with Crippen LogP contribution in [-0.2, 0) is 6.42 Å². The Labute approximate surface area is 129 Å². The molecule has 0 amide bonds. The van der Waals surface area contributed by atoms with Crippen LogP contribution in [0.25, 0.3) is 16.9 Å². The largest absolute Gasteiger partial charge is 0.494 e. The fraction of sp³-hybridized carbons (Fsp3) is 0.176. The Morgan fingerprint density at radius 3 is 2.59 bits per heavy atom. The van der Waals surface area contributed by atoms with E-state index in [1.54, 1.807) is 17.9 Å². The number of methoxy groups -OCH3 is 1. The number of nitrogens with zero attached hydrogens (tertiary/aromatic N) is 3. The van der Waals surface area contributed by atoms with Crippen molar-refractivity contribution in [2.45, 2.75) is 13.3 Å². The van der Waals surface area contributed by atoms with Gasteiger partial charge in [0.2, 0.25) is 0 Å². The van der Waals surface area contributed by atoms with Gasteiger partial charge in [-0.15, -0.1) is 5.10 Å². The number of hydrogen-bond donors (Lipinski definition) is 1. The summed E-state index contributed by atoms with van der Waals surface area (Å²) in [6.07, 6.45) is 2.89. The summed E-state index contributed by atoms with van der Waals surface area (Å²) in [6, 6.07) is 13.8. The first-order valence-corrected chi connectivity index (χ1v) is 7.17. The predicted octanol–water partition coefficient (Wildman–Crippen LogP) is 3.09. The number of rotatable bonds is 4. The molecular weight excluding hydrogens is 276 g/mol. The topological polar surface area (TPSA) is 66.0 Å². The van der Waals surface area contributed by atoms with Crippen LogP contribution in [0.3, 0.4) is 0 Å². The first-order chi connectivity index (χ1) is 10.7. The van der Waals surface area contributed by atoms with Gasteiger partial charge in [-0.2, -0.15) is 0 Å². The highest BCUT2D eigenvalue weighted by atomic mass is 16.5. The zero-order valence-corrected chi connectivity index (χ0v) is 12.7. The first-order valence-electron chi connectivity index (χ1n) is 7.17. The van der Waals surface area contributed by atoms with Gasteiger partial charge in [-0.05, 0) is 30.2 Å². The minimum Gasteiger partial charge on any atom is -0.494 e. The summed E-state index contributed by atoms with van der Waals surface area (Å²) in [4.78, 5) is 0. The molecule has 2 aromatic carbocycles. The normalized spacial score (nSPS) is 10.6. The summed E-state index contributed by atoms with van der Waals surface area (Å²) in [5.41, 5.74) is 10.4. The number of nitrogens with two attached hydrogens (primary N) is 1. The van der Waals surface area contributed by atoms with Crippen LogP contribution in [0, 0.1) is 0 Å². The maximum absolute atomic E-state index is 5.85. The molecule has 3 rings (SSSR count). The van der Waals surface area contributed by atoms with Gasteiger partial charge in [0.1, 0.15) is 17.1 Å². The van der Waals surface area contributed by atoms with Crippen molar-refractivity contribution in [3.8, 4) is 22.7 Å². The summed E-state index contributed by atoms with van der Waals surface area (Å²) >= 11 is 0. The van der Waals surface area contributed by atoms with Crippen LogP contribution in [0.5, 0.6) is 5.75 Å². The van der Waals surface area contributed by atoms with Gasteiger partial charge in [0.05, 0.1) is 13.3 Å². The lowest BCUT2D eigenvalue weighted by Gasteiger charge is -2.08. The standard InChI is InChI=1S/C17H18N4O/c1-3-12-4-6-13(7-5-12)15-11-21(20-19-15)16-10-14(18)8-9-17(16)22-2/h4-11H,3,18H2,1-2H3. The third-order valence-electron chi connectivity index (χ3n) is 3.60. The molecular formula is C17H18N4O. The molecule has 112 valence electrons. The molecule has 0 spiro atoms. The van der Waals surface area contributed by atoms with Crippen LogP contribution in [0.1, 0.15) is 12.5 Å². The molecule has 22 heavy (non-hydrogen) atoms. The number of nitrogen functional groups attached to an aromatic ring is 1. The van der Waals surface area contributed by atoms with Crippen LogP contribution < -0.4 is 10.5 Å². The van der Waals surface area contributed by atoms with E-state index >= 15 is 0 Å². The van der Waals surface area contributed by atoms with E-state index in [1.807, 2.05) is 18.3 Å². The number of benzene rings is 2. The van der Waals surface area contributed by atoms with Gasteiger partial charge >= 0.3 is 0 Å². The molecule has 0 aliphatic heterocycles. The Morgan fingerprint density at radius 2 is 1.91 bits per heavy atom. The molecule has 0 fully saturated rings. The van der Waals surface area contributed by atoms with Crippen LogP contribution in [0.15, 0.2) is 48.7 Å². The quantitative estimate of drug-likeness (QED) is 0.751. The fourth-order valence-electron chi connectivity index (χ4n) is 2.31. The van der Waals surface area contributed by atoms with Crippen molar-refractivity contribution in [2.75, 3.05) is 12.8 Å². The average molecular weight is 294 g/mol. The van der Waals surface area contributed by atoms with Gasteiger partial charge in [0.25, 0.3) is 0 Å². The van der Waals surface area contributed by atoms with Gasteiger partial charge in [-0.3, -0.25) is 0 Å². The van der Waals surface area contributed by atoms with E-state index in [1.165, 1.54) is 5.56 Å². The Morgan fingerprint density at radius 1 is 1.14 bits per heavy atom. The average Bonchev–Trinajstić information content (AvgIpc) is 3.04. The van der Waals surface area contributed by atoms with Crippen molar-refractivity contribution in [2.24, 2.45) is 0 Å². The minimum atomic E-state index is 0.653. The van der Waals surface area contributed by atoms with E-state index in [0.717, 1.165) is 23.4 Å². The maximum Gasteiger partial charge on any atom is 0.144 e. The van der Waals surface area contributed by atoms with Crippen molar-refractivity contribution < 1.29 is 4.74 Å². The molecule has 0 bridgehead atoms. The molecule has 0 atom stereocenters. The summed E-state index contributed by atoms with van der Waals surface area (Å²) in [5.74, 6) is 0.701. The summed E-state index contributed by atoms with van der Waals surface area (Å²) < 4.78 is 7.03. The first kappa shape index (κ1) is 14.1. The summed E-state index contributed by atoms with van der Waals surface area (Å²) in [7, 11) is 1.62. The Balaban J connectivity index is 1.98. The van der Waals surface area contributed by atoms with Gasteiger partial charge in [0.15, 0.2) is 0 Å². The second-order valence-corrected chi connectivity index (χ2v) is 5.03. The number of aryl methyl sites for hydroxylation is 1. The van der Waals surface area contributed by atoms with Crippen molar-refractivity contribution in [1.29, 1.82) is 0 Å². The molecule has 1 aromatic heterocycles. The SMILES string of the molecule is CCc1ccc(-c2cn(-c3cc(N)ccc3OC)nn2)cc1. The molecule has 5 heteroatoms. The van der Waals surface area contributed by atoms with Gasteiger partial charge in [0, 0.05) is 11.3 Å². The van der Waals surface area contributed by atoms with E-state index < -0.39 is 0 Å². The lowest BCUT2D eigenvalue weighted by Crippen LogP contribution is -2.00. The van der Waals surface area contributed by atoms with Crippen LogP contribution in [0.4, 0.5) is 5.69 Å². The zero-order valence-electron chi connectivity index (χ0n) is 12.7.